The molecule has 0 aromatic heterocycles. The van der Waals surface area contributed by atoms with Crippen LogP contribution in [-0.4, -0.2) is 6.54 Å². The van der Waals surface area contributed by atoms with Crippen molar-refractivity contribution < 1.29 is 4.39 Å². The summed E-state index contributed by atoms with van der Waals surface area (Å²) in [6, 6.07) is 14.0. The second-order valence-electron chi connectivity index (χ2n) is 5.50. The maximum absolute atomic E-state index is 13.2. The molecule has 0 radical (unpaired) electrons. The van der Waals surface area contributed by atoms with Crippen LogP contribution < -0.4 is 5.32 Å². The van der Waals surface area contributed by atoms with Gasteiger partial charge >= 0.3 is 0 Å². The summed E-state index contributed by atoms with van der Waals surface area (Å²) in [4.78, 5) is 0. The topological polar surface area (TPSA) is 12.0 Å². The Labute approximate surface area is 127 Å². The van der Waals surface area contributed by atoms with Crippen LogP contribution in [0.2, 0.25) is 0 Å². The third-order valence-corrected chi connectivity index (χ3v) is 3.86. The molecule has 21 heavy (non-hydrogen) atoms. The molecular weight excluding hydrogens is 261 g/mol. The van der Waals surface area contributed by atoms with E-state index in [1.165, 1.54) is 11.6 Å². The lowest BCUT2D eigenvalue weighted by Crippen LogP contribution is -2.21. The SMILES string of the molecule is CCCNC(CC)c1ccc(-c2ccc(F)cc2C)cc1. The summed E-state index contributed by atoms with van der Waals surface area (Å²) in [5, 5.41) is 3.56. The molecule has 0 spiro atoms. The van der Waals surface area contributed by atoms with Crippen molar-refractivity contribution >= 4 is 0 Å². The minimum Gasteiger partial charge on any atom is -0.310 e. The van der Waals surface area contributed by atoms with E-state index in [0.717, 1.165) is 36.1 Å². The van der Waals surface area contributed by atoms with Gasteiger partial charge in [0.15, 0.2) is 0 Å². The van der Waals surface area contributed by atoms with E-state index in [1.807, 2.05) is 13.0 Å². The van der Waals surface area contributed by atoms with Gasteiger partial charge in [-0.2, -0.15) is 0 Å². The predicted octanol–water partition coefficient (Wildman–Crippen LogP) is 5.25. The van der Waals surface area contributed by atoms with E-state index in [9.17, 15) is 4.39 Å². The zero-order valence-corrected chi connectivity index (χ0v) is 13.1. The Bertz CT molecular complexity index is 575. The van der Waals surface area contributed by atoms with Gasteiger partial charge in [0.1, 0.15) is 5.82 Å². The number of aryl methyl sites for hydroxylation is 1. The van der Waals surface area contributed by atoms with Crippen molar-refractivity contribution in [3.05, 3.63) is 59.4 Å². The van der Waals surface area contributed by atoms with Crippen molar-refractivity contribution in [2.24, 2.45) is 0 Å². The molecule has 0 amide bonds. The van der Waals surface area contributed by atoms with E-state index >= 15 is 0 Å². The minimum absolute atomic E-state index is 0.178. The summed E-state index contributed by atoms with van der Waals surface area (Å²) in [6.07, 6.45) is 2.22. The molecule has 112 valence electrons. The first-order valence-electron chi connectivity index (χ1n) is 7.75. The molecule has 0 fully saturated rings. The van der Waals surface area contributed by atoms with Gasteiger partial charge in [0.05, 0.1) is 0 Å². The van der Waals surface area contributed by atoms with Crippen LogP contribution in [0.1, 0.15) is 43.9 Å². The molecule has 1 N–H and O–H groups in total. The highest BCUT2D eigenvalue weighted by molar-refractivity contribution is 5.67. The first kappa shape index (κ1) is 15.7. The number of hydrogen-bond donors (Lipinski definition) is 1. The van der Waals surface area contributed by atoms with Gasteiger partial charge in [-0.3, -0.25) is 0 Å². The van der Waals surface area contributed by atoms with Gasteiger partial charge in [0, 0.05) is 6.04 Å². The maximum atomic E-state index is 13.2. The van der Waals surface area contributed by atoms with Crippen LogP contribution >= 0.6 is 0 Å². The smallest absolute Gasteiger partial charge is 0.123 e. The molecule has 2 aromatic carbocycles. The van der Waals surface area contributed by atoms with Gasteiger partial charge in [0.25, 0.3) is 0 Å². The van der Waals surface area contributed by atoms with Gasteiger partial charge in [-0.15, -0.1) is 0 Å². The summed E-state index contributed by atoms with van der Waals surface area (Å²) < 4.78 is 13.2. The average Bonchev–Trinajstić information content (AvgIpc) is 2.49. The van der Waals surface area contributed by atoms with Crippen molar-refractivity contribution in [3.8, 4) is 11.1 Å². The van der Waals surface area contributed by atoms with Crippen LogP contribution in [0.3, 0.4) is 0 Å². The molecule has 0 aliphatic rings. The lowest BCUT2D eigenvalue weighted by Gasteiger charge is -2.17. The zero-order valence-electron chi connectivity index (χ0n) is 13.1. The van der Waals surface area contributed by atoms with E-state index in [2.05, 4.69) is 43.4 Å². The van der Waals surface area contributed by atoms with Crippen LogP contribution in [0, 0.1) is 12.7 Å². The van der Waals surface area contributed by atoms with Gasteiger partial charge in [0.2, 0.25) is 0 Å². The minimum atomic E-state index is -0.178. The molecule has 0 heterocycles. The lowest BCUT2D eigenvalue weighted by atomic mass is 9.97. The number of nitrogens with one attached hydrogen (secondary N) is 1. The van der Waals surface area contributed by atoms with E-state index < -0.39 is 0 Å². The van der Waals surface area contributed by atoms with Gasteiger partial charge in [-0.25, -0.2) is 4.39 Å². The molecule has 1 unspecified atom stereocenters. The molecule has 0 bridgehead atoms. The van der Waals surface area contributed by atoms with E-state index in [0.29, 0.717) is 6.04 Å². The Kier molecular flexibility index (Phi) is 5.51. The Hall–Kier alpha value is -1.67. The standard InChI is InChI=1S/C19H24FN/c1-4-12-21-19(5-2)16-8-6-15(7-9-16)18-11-10-17(20)13-14(18)3/h6-11,13,19,21H,4-5,12H2,1-3H3. The third-order valence-electron chi connectivity index (χ3n) is 3.86. The van der Waals surface area contributed by atoms with Crippen LogP contribution in [0.15, 0.2) is 42.5 Å². The van der Waals surface area contributed by atoms with Gasteiger partial charge in [-0.1, -0.05) is 44.2 Å². The van der Waals surface area contributed by atoms with E-state index in [1.54, 1.807) is 6.07 Å². The molecule has 1 atom stereocenters. The molecule has 0 saturated heterocycles. The molecule has 0 aliphatic carbocycles. The molecule has 2 heteroatoms. The summed E-state index contributed by atoms with van der Waals surface area (Å²) in [7, 11) is 0. The number of rotatable bonds is 6. The Morgan fingerprint density at radius 1 is 1.05 bits per heavy atom. The fraction of sp³-hybridized carbons (Fsp3) is 0.368. The van der Waals surface area contributed by atoms with Crippen LogP contribution in [0.4, 0.5) is 4.39 Å². The van der Waals surface area contributed by atoms with Crippen molar-refractivity contribution in [3.63, 3.8) is 0 Å². The Morgan fingerprint density at radius 2 is 1.76 bits per heavy atom. The zero-order chi connectivity index (χ0) is 15.2. The lowest BCUT2D eigenvalue weighted by molar-refractivity contribution is 0.518. The summed E-state index contributed by atoms with van der Waals surface area (Å²) in [5.74, 6) is -0.178. The summed E-state index contributed by atoms with van der Waals surface area (Å²) in [6.45, 7) is 7.37. The molecule has 2 rings (SSSR count). The second kappa shape index (κ2) is 7.37. The van der Waals surface area contributed by atoms with Crippen molar-refractivity contribution in [1.82, 2.24) is 5.32 Å². The Balaban J connectivity index is 2.21. The summed E-state index contributed by atoms with van der Waals surface area (Å²) in [5.41, 5.74) is 4.52. The molecule has 1 nitrogen and oxygen atoms in total. The number of benzene rings is 2. The number of halogens is 1. The van der Waals surface area contributed by atoms with Gasteiger partial charge in [-0.05, 0) is 60.7 Å². The molecule has 0 saturated carbocycles. The molecule has 2 aromatic rings. The summed E-state index contributed by atoms with van der Waals surface area (Å²) >= 11 is 0. The highest BCUT2D eigenvalue weighted by atomic mass is 19.1. The fourth-order valence-electron chi connectivity index (χ4n) is 2.66. The monoisotopic (exact) mass is 285 g/mol. The molecule has 0 aliphatic heterocycles. The van der Waals surface area contributed by atoms with Crippen molar-refractivity contribution in [1.29, 1.82) is 0 Å². The molecular formula is C19H24FN. The quantitative estimate of drug-likeness (QED) is 0.764. The Morgan fingerprint density at radius 3 is 2.33 bits per heavy atom. The highest BCUT2D eigenvalue weighted by Crippen LogP contribution is 2.26. The average molecular weight is 285 g/mol. The van der Waals surface area contributed by atoms with Crippen molar-refractivity contribution in [2.45, 2.75) is 39.7 Å². The van der Waals surface area contributed by atoms with Crippen LogP contribution in [0.25, 0.3) is 11.1 Å². The number of hydrogen-bond acceptors (Lipinski definition) is 1. The second-order valence-corrected chi connectivity index (χ2v) is 5.50. The first-order valence-corrected chi connectivity index (χ1v) is 7.75. The first-order chi connectivity index (χ1) is 10.2. The maximum Gasteiger partial charge on any atom is 0.123 e. The fourth-order valence-corrected chi connectivity index (χ4v) is 2.66. The van der Waals surface area contributed by atoms with E-state index in [4.69, 9.17) is 0 Å². The normalized spacial score (nSPS) is 12.4. The van der Waals surface area contributed by atoms with Crippen molar-refractivity contribution in [2.75, 3.05) is 6.54 Å². The predicted molar refractivity (Wildman–Crippen MR) is 87.9 cm³/mol. The third kappa shape index (κ3) is 3.92. The van der Waals surface area contributed by atoms with Crippen LogP contribution in [-0.2, 0) is 0 Å². The van der Waals surface area contributed by atoms with E-state index in [-0.39, 0.29) is 5.82 Å². The van der Waals surface area contributed by atoms with Crippen LogP contribution in [0.5, 0.6) is 0 Å². The largest absolute Gasteiger partial charge is 0.310 e. The highest BCUT2D eigenvalue weighted by Gasteiger charge is 2.09. The van der Waals surface area contributed by atoms with Gasteiger partial charge < -0.3 is 5.32 Å².